The van der Waals surface area contributed by atoms with Gasteiger partial charge in [-0.1, -0.05) is 18.2 Å². The lowest BCUT2D eigenvalue weighted by molar-refractivity contribution is -0.153. The van der Waals surface area contributed by atoms with E-state index in [1.807, 2.05) is 36.4 Å². The van der Waals surface area contributed by atoms with Crippen LogP contribution in [0.3, 0.4) is 0 Å². The summed E-state index contributed by atoms with van der Waals surface area (Å²) in [5.74, 6) is 0.0449. The Bertz CT molecular complexity index is 1530. The number of ether oxygens (including phenoxy) is 2. The Hall–Kier alpha value is -3.75. The Labute approximate surface area is 209 Å². The third-order valence-corrected chi connectivity index (χ3v) is 8.06. The molecule has 0 saturated heterocycles. The number of halogens is 3. The summed E-state index contributed by atoms with van der Waals surface area (Å²) in [4.78, 5) is 20.7. The van der Waals surface area contributed by atoms with Gasteiger partial charge in [-0.15, -0.1) is 0 Å². The van der Waals surface area contributed by atoms with Crippen LogP contribution in [0, 0.1) is 0 Å². The first-order valence-corrected chi connectivity index (χ1v) is 12.4. The van der Waals surface area contributed by atoms with E-state index >= 15 is 0 Å². The summed E-state index contributed by atoms with van der Waals surface area (Å²) in [6.45, 7) is -0.0155. The van der Waals surface area contributed by atoms with Crippen molar-refractivity contribution in [3.8, 4) is 11.5 Å². The molecule has 5 aliphatic rings. The summed E-state index contributed by atoms with van der Waals surface area (Å²) in [5.41, 5.74) is 2.57. The van der Waals surface area contributed by atoms with Crippen molar-refractivity contribution in [1.29, 1.82) is 0 Å². The molecule has 37 heavy (non-hydrogen) atoms. The predicted molar refractivity (Wildman–Crippen MR) is 126 cm³/mol. The Morgan fingerprint density at radius 2 is 1.84 bits per heavy atom. The Kier molecular flexibility index (Phi) is 3.90. The molecular formula is C28H21F3N2O4. The van der Waals surface area contributed by atoms with E-state index in [2.05, 4.69) is 0 Å². The first kappa shape index (κ1) is 21.3. The molecule has 2 spiro atoms. The fourth-order valence-electron chi connectivity index (χ4n) is 5.93. The monoisotopic (exact) mass is 506 g/mol. The van der Waals surface area contributed by atoms with Crippen molar-refractivity contribution in [1.82, 2.24) is 0 Å². The van der Waals surface area contributed by atoms with Crippen LogP contribution in [0.2, 0.25) is 0 Å². The van der Waals surface area contributed by atoms with E-state index in [1.165, 1.54) is 11.0 Å². The highest BCUT2D eigenvalue weighted by Crippen LogP contribution is 2.57. The topological polar surface area (TPSA) is 64.3 Å². The molecule has 2 aliphatic carbocycles. The van der Waals surface area contributed by atoms with Crippen LogP contribution in [0.5, 0.6) is 11.5 Å². The standard InChI is InChI=1S/C28H21F3N2O4/c29-28(30,31)23-8-7-16(36-23)13-33-20-4-2-1-3-18(20)27(25(33)34)14-35-22-12-21-17(11-19(22)27)24(32-15-5-6-15)26(37-21)9-10-26/h1-4,7-8,11-12,15H,5-6,9-10,13-14H2. The summed E-state index contributed by atoms with van der Waals surface area (Å²) >= 11 is 0. The van der Waals surface area contributed by atoms with E-state index in [4.69, 9.17) is 18.9 Å². The second-order valence-corrected chi connectivity index (χ2v) is 10.5. The summed E-state index contributed by atoms with van der Waals surface area (Å²) < 4.78 is 56.8. The maximum Gasteiger partial charge on any atom is 0.449 e. The number of hydrogen-bond donors (Lipinski definition) is 0. The number of nitrogens with zero attached hydrogens (tertiary/aromatic N) is 2. The molecule has 1 amide bonds. The number of furan rings is 1. The molecular weight excluding hydrogens is 485 g/mol. The fourth-order valence-corrected chi connectivity index (χ4v) is 5.93. The molecule has 1 unspecified atom stereocenters. The SMILES string of the molecule is O=C1N(Cc2ccc(C(F)(F)F)o2)c2ccccc2C12COc1cc3c(cc12)C(=NC1CC1)C1(CC1)O3. The summed E-state index contributed by atoms with van der Waals surface area (Å²) in [5, 5.41) is 0. The van der Waals surface area contributed by atoms with Crippen LogP contribution in [0.4, 0.5) is 18.9 Å². The van der Waals surface area contributed by atoms with Crippen LogP contribution in [0.25, 0.3) is 0 Å². The van der Waals surface area contributed by atoms with Crippen molar-refractivity contribution in [3.63, 3.8) is 0 Å². The molecule has 8 rings (SSSR count). The number of alkyl halides is 3. The van der Waals surface area contributed by atoms with Gasteiger partial charge >= 0.3 is 6.18 Å². The molecule has 0 radical (unpaired) electrons. The van der Waals surface area contributed by atoms with Crippen molar-refractivity contribution < 1.29 is 31.9 Å². The highest BCUT2D eigenvalue weighted by atomic mass is 19.4. The van der Waals surface area contributed by atoms with E-state index in [1.54, 1.807) is 0 Å². The molecule has 1 atom stereocenters. The molecule has 3 aromatic rings. The van der Waals surface area contributed by atoms with E-state index in [0.717, 1.165) is 59.9 Å². The Morgan fingerprint density at radius 1 is 1.03 bits per heavy atom. The fraction of sp³-hybridized carbons (Fsp3) is 0.357. The Morgan fingerprint density at radius 3 is 2.57 bits per heavy atom. The normalized spacial score (nSPS) is 25.4. The lowest BCUT2D eigenvalue weighted by Crippen LogP contribution is -2.42. The zero-order valence-corrected chi connectivity index (χ0v) is 19.6. The van der Waals surface area contributed by atoms with E-state index in [9.17, 15) is 18.0 Å². The lowest BCUT2D eigenvalue weighted by atomic mass is 9.76. The number of benzene rings is 2. The quantitative estimate of drug-likeness (QED) is 0.477. The molecule has 9 heteroatoms. The second-order valence-electron chi connectivity index (χ2n) is 10.5. The van der Waals surface area contributed by atoms with Gasteiger partial charge in [0, 0.05) is 22.9 Å². The summed E-state index contributed by atoms with van der Waals surface area (Å²) in [7, 11) is 0. The zero-order chi connectivity index (χ0) is 25.2. The van der Waals surface area contributed by atoms with Crippen LogP contribution in [0.1, 0.15) is 53.9 Å². The molecule has 0 bridgehead atoms. The second kappa shape index (κ2) is 6.76. The van der Waals surface area contributed by atoms with Gasteiger partial charge in [-0.3, -0.25) is 9.79 Å². The highest BCUT2D eigenvalue weighted by molar-refractivity contribution is 6.15. The molecule has 188 valence electrons. The number of amides is 1. The molecule has 2 saturated carbocycles. The number of carbonyl (C=O) groups is 1. The molecule has 0 N–H and O–H groups in total. The third-order valence-electron chi connectivity index (χ3n) is 8.06. The van der Waals surface area contributed by atoms with Crippen molar-refractivity contribution in [3.05, 3.63) is 76.7 Å². The van der Waals surface area contributed by atoms with E-state index in [-0.39, 0.29) is 30.4 Å². The van der Waals surface area contributed by atoms with Gasteiger partial charge in [-0.25, -0.2) is 0 Å². The molecule has 6 nitrogen and oxygen atoms in total. The number of hydrogen-bond acceptors (Lipinski definition) is 5. The van der Waals surface area contributed by atoms with Gasteiger partial charge in [0.15, 0.2) is 5.60 Å². The minimum atomic E-state index is -4.59. The maximum atomic E-state index is 14.2. The van der Waals surface area contributed by atoms with E-state index in [0.29, 0.717) is 17.5 Å². The van der Waals surface area contributed by atoms with Gasteiger partial charge < -0.3 is 18.8 Å². The number of anilines is 1. The number of fused-ring (bicyclic) bond motifs is 5. The number of aliphatic imine (C=N–C) groups is 1. The first-order valence-electron chi connectivity index (χ1n) is 12.4. The van der Waals surface area contributed by atoms with Crippen LogP contribution in [-0.4, -0.2) is 29.9 Å². The smallest absolute Gasteiger partial charge is 0.449 e. The van der Waals surface area contributed by atoms with E-state index < -0.39 is 17.4 Å². The van der Waals surface area contributed by atoms with Crippen molar-refractivity contribution in [2.45, 2.75) is 55.5 Å². The van der Waals surface area contributed by atoms with Gasteiger partial charge in [0.05, 0.1) is 18.3 Å². The highest BCUT2D eigenvalue weighted by Gasteiger charge is 2.60. The first-order chi connectivity index (χ1) is 17.8. The predicted octanol–water partition coefficient (Wildman–Crippen LogP) is 5.40. The van der Waals surface area contributed by atoms with Gasteiger partial charge in [0.2, 0.25) is 11.7 Å². The van der Waals surface area contributed by atoms with Crippen LogP contribution in [-0.2, 0) is 22.9 Å². The number of carbonyl (C=O) groups excluding carboxylic acids is 1. The summed E-state index contributed by atoms with van der Waals surface area (Å²) in [6.07, 6.45) is -0.593. The minimum absolute atomic E-state index is 0.0588. The van der Waals surface area contributed by atoms with Crippen LogP contribution >= 0.6 is 0 Å². The molecule has 2 fully saturated rings. The van der Waals surface area contributed by atoms with Gasteiger partial charge in [0.25, 0.3) is 0 Å². The molecule has 4 heterocycles. The minimum Gasteiger partial charge on any atom is -0.491 e. The van der Waals surface area contributed by atoms with Crippen molar-refractivity contribution >= 4 is 17.3 Å². The third kappa shape index (κ3) is 2.88. The van der Waals surface area contributed by atoms with Crippen LogP contribution < -0.4 is 14.4 Å². The molecule has 1 aromatic heterocycles. The number of para-hydroxylation sites is 1. The molecule has 2 aromatic carbocycles. The largest absolute Gasteiger partial charge is 0.491 e. The van der Waals surface area contributed by atoms with Gasteiger partial charge in [0.1, 0.15) is 29.3 Å². The maximum absolute atomic E-state index is 14.2. The number of rotatable bonds is 3. The zero-order valence-electron chi connectivity index (χ0n) is 19.6. The average Bonchev–Trinajstić information content (AvgIpc) is 3.70. The summed E-state index contributed by atoms with van der Waals surface area (Å²) in [6, 6.07) is 13.7. The lowest BCUT2D eigenvalue weighted by Gasteiger charge is -2.23. The van der Waals surface area contributed by atoms with Gasteiger partial charge in [-0.2, -0.15) is 13.2 Å². The molecule has 3 aliphatic heterocycles. The van der Waals surface area contributed by atoms with Gasteiger partial charge in [-0.05, 0) is 55.5 Å². The van der Waals surface area contributed by atoms with Crippen molar-refractivity contribution in [2.24, 2.45) is 4.99 Å². The average molecular weight is 506 g/mol. The van der Waals surface area contributed by atoms with Crippen molar-refractivity contribution in [2.75, 3.05) is 11.5 Å². The van der Waals surface area contributed by atoms with Crippen LogP contribution in [0.15, 0.2) is 57.9 Å². The Balaban J connectivity index is 1.23.